The number of hydrogen-bond donors (Lipinski definition) is 3. The minimum absolute atomic E-state index is 0.0106. The van der Waals surface area contributed by atoms with Gasteiger partial charge >= 0.3 is 0 Å². The fraction of sp³-hybridized carbons (Fsp3) is 0.200. The van der Waals surface area contributed by atoms with Gasteiger partial charge in [0.2, 0.25) is 0 Å². The Kier molecular flexibility index (Phi) is 4.70. The summed E-state index contributed by atoms with van der Waals surface area (Å²) in [5, 5.41) is 27.0. The van der Waals surface area contributed by atoms with Crippen molar-refractivity contribution in [1.82, 2.24) is 14.8 Å². The van der Waals surface area contributed by atoms with Crippen LogP contribution in [0.3, 0.4) is 0 Å². The van der Waals surface area contributed by atoms with Gasteiger partial charge in [-0.3, -0.25) is 9.67 Å². The van der Waals surface area contributed by atoms with Crippen molar-refractivity contribution in [2.45, 2.75) is 27.7 Å². The highest BCUT2D eigenvalue weighted by Crippen LogP contribution is 2.35. The number of nitrogens with one attached hydrogen (secondary N) is 1. The first-order valence-corrected chi connectivity index (χ1v) is 8.66. The zero-order valence-electron chi connectivity index (χ0n) is 15.2. The van der Waals surface area contributed by atoms with Crippen LogP contribution in [0.4, 0.5) is 0 Å². The first-order chi connectivity index (χ1) is 12.3. The van der Waals surface area contributed by atoms with Crippen LogP contribution in [-0.4, -0.2) is 25.0 Å². The van der Waals surface area contributed by atoms with E-state index in [0.29, 0.717) is 16.2 Å². The van der Waals surface area contributed by atoms with E-state index in [4.69, 9.17) is 12.2 Å². The number of phenols is 2. The number of rotatable bonds is 3. The fourth-order valence-electron chi connectivity index (χ4n) is 2.99. The maximum absolute atomic E-state index is 10.3. The molecule has 0 saturated carbocycles. The van der Waals surface area contributed by atoms with Crippen LogP contribution in [0.5, 0.6) is 11.5 Å². The molecule has 26 heavy (non-hydrogen) atoms. The van der Waals surface area contributed by atoms with Gasteiger partial charge in [-0.1, -0.05) is 17.7 Å². The Hall–Kier alpha value is -2.86. The van der Waals surface area contributed by atoms with Crippen molar-refractivity contribution in [2.24, 2.45) is 0 Å². The highest BCUT2D eigenvalue weighted by molar-refractivity contribution is 7.71. The fourth-order valence-corrected chi connectivity index (χ4v) is 3.22. The van der Waals surface area contributed by atoms with Gasteiger partial charge in [0.1, 0.15) is 11.5 Å². The number of nitrogens with zero attached hydrogens (tertiary/aromatic N) is 2. The molecule has 0 saturated heterocycles. The van der Waals surface area contributed by atoms with E-state index in [-0.39, 0.29) is 11.5 Å². The van der Waals surface area contributed by atoms with Crippen molar-refractivity contribution in [3.8, 4) is 28.6 Å². The summed E-state index contributed by atoms with van der Waals surface area (Å²) in [5.74, 6) is 0.415. The van der Waals surface area contributed by atoms with Crippen molar-refractivity contribution in [1.29, 1.82) is 0 Å². The predicted molar refractivity (Wildman–Crippen MR) is 106 cm³/mol. The number of aryl methyl sites for hydroxylation is 1. The van der Waals surface area contributed by atoms with Crippen LogP contribution in [-0.2, 0) is 0 Å². The van der Waals surface area contributed by atoms with Crippen molar-refractivity contribution >= 4 is 17.8 Å². The molecule has 1 aromatic heterocycles. The van der Waals surface area contributed by atoms with Gasteiger partial charge in [0.15, 0.2) is 10.6 Å². The molecule has 3 rings (SSSR count). The molecule has 6 heteroatoms. The summed E-state index contributed by atoms with van der Waals surface area (Å²) in [4.78, 5) is 0. The minimum atomic E-state index is -0.0617. The predicted octanol–water partition coefficient (Wildman–Crippen LogP) is 5.13. The molecule has 1 heterocycles. The van der Waals surface area contributed by atoms with E-state index in [2.05, 4.69) is 44.0 Å². The lowest BCUT2D eigenvalue weighted by molar-refractivity contribution is 0.451. The van der Waals surface area contributed by atoms with Crippen LogP contribution in [0.2, 0.25) is 0 Å². The van der Waals surface area contributed by atoms with Gasteiger partial charge in [-0.15, -0.1) is 0 Å². The highest BCUT2D eigenvalue weighted by atomic mass is 32.1. The van der Waals surface area contributed by atoms with Crippen LogP contribution in [0.25, 0.3) is 22.6 Å². The second-order valence-electron chi connectivity index (χ2n) is 6.48. The number of hydrogen-bond acceptors (Lipinski definition) is 4. The Morgan fingerprint density at radius 3 is 2.50 bits per heavy atom. The van der Waals surface area contributed by atoms with Crippen LogP contribution < -0.4 is 0 Å². The maximum Gasteiger partial charge on any atom is 0.200 e. The number of aromatic amines is 1. The zero-order valence-corrected chi connectivity index (χ0v) is 16.0. The molecule has 0 aliphatic rings. The standard InChI is InChI=1S/C20H21N3O2S/c1-11(2)13(4)18-12(3)6-5-7-16(18)23-19(21-22-20(23)26)15-9-8-14(24)10-17(15)25/h5-10,24-25H,1-4H3,(H,22,26). The topological polar surface area (TPSA) is 74.1 Å². The second kappa shape index (κ2) is 6.80. The number of aromatic nitrogens is 3. The average Bonchev–Trinajstić information content (AvgIpc) is 2.95. The lowest BCUT2D eigenvalue weighted by Crippen LogP contribution is -2.04. The normalized spacial score (nSPS) is 10.8. The van der Waals surface area contributed by atoms with Crippen molar-refractivity contribution < 1.29 is 10.2 Å². The molecule has 3 aromatic rings. The molecule has 0 aliphatic carbocycles. The first kappa shape index (κ1) is 17.9. The van der Waals surface area contributed by atoms with Crippen LogP contribution >= 0.6 is 12.2 Å². The van der Waals surface area contributed by atoms with Crippen molar-refractivity contribution in [2.75, 3.05) is 0 Å². The molecule has 0 unspecified atom stereocenters. The Labute approximate surface area is 157 Å². The van der Waals surface area contributed by atoms with Gasteiger partial charge in [0.25, 0.3) is 0 Å². The maximum atomic E-state index is 10.3. The third-order valence-corrected chi connectivity index (χ3v) is 4.79. The van der Waals surface area contributed by atoms with E-state index in [1.54, 1.807) is 6.07 Å². The lowest BCUT2D eigenvalue weighted by atomic mass is 9.96. The van der Waals surface area contributed by atoms with Crippen molar-refractivity contribution in [3.63, 3.8) is 0 Å². The van der Waals surface area contributed by atoms with Gasteiger partial charge in [0.05, 0.1) is 11.3 Å². The Morgan fingerprint density at radius 1 is 1.12 bits per heavy atom. The molecular formula is C20H21N3O2S. The summed E-state index contributed by atoms with van der Waals surface area (Å²) in [6.07, 6.45) is 0. The molecular weight excluding hydrogens is 346 g/mol. The number of allylic oxidation sites excluding steroid dienone is 2. The molecule has 2 aromatic carbocycles. The molecule has 3 N–H and O–H groups in total. The Bertz CT molecular complexity index is 1070. The molecule has 0 aliphatic heterocycles. The molecule has 0 atom stereocenters. The Balaban J connectivity index is 2.35. The molecule has 0 fully saturated rings. The smallest absolute Gasteiger partial charge is 0.200 e. The molecule has 134 valence electrons. The van der Waals surface area contributed by atoms with Gasteiger partial charge in [-0.25, -0.2) is 0 Å². The highest BCUT2D eigenvalue weighted by Gasteiger charge is 2.18. The molecule has 5 nitrogen and oxygen atoms in total. The molecule has 0 radical (unpaired) electrons. The molecule has 0 amide bonds. The summed E-state index contributed by atoms with van der Waals surface area (Å²) in [6.45, 7) is 8.30. The van der Waals surface area contributed by atoms with Gasteiger partial charge in [0, 0.05) is 11.6 Å². The van der Waals surface area contributed by atoms with Gasteiger partial charge in [-0.2, -0.15) is 5.10 Å². The van der Waals surface area contributed by atoms with E-state index in [1.165, 1.54) is 23.3 Å². The molecule has 0 bridgehead atoms. The third kappa shape index (κ3) is 3.04. The van der Waals surface area contributed by atoms with Crippen LogP contribution in [0.15, 0.2) is 42.0 Å². The van der Waals surface area contributed by atoms with E-state index in [9.17, 15) is 10.2 Å². The number of phenolic OH excluding ortho intramolecular Hbond substituents is 2. The first-order valence-electron chi connectivity index (χ1n) is 8.25. The summed E-state index contributed by atoms with van der Waals surface area (Å²) in [5.41, 5.74) is 5.98. The number of aromatic hydroxyl groups is 2. The van der Waals surface area contributed by atoms with E-state index < -0.39 is 0 Å². The van der Waals surface area contributed by atoms with E-state index in [0.717, 1.165) is 16.8 Å². The SMILES string of the molecule is CC(C)=C(C)c1c(C)cccc1-n1c(-c2ccc(O)cc2O)n[nH]c1=S. The van der Waals surface area contributed by atoms with Crippen LogP contribution in [0, 0.1) is 11.7 Å². The van der Waals surface area contributed by atoms with Crippen molar-refractivity contribution in [3.05, 3.63) is 57.9 Å². The molecule has 0 spiro atoms. The van der Waals surface area contributed by atoms with Gasteiger partial charge in [-0.05, 0) is 69.2 Å². The monoisotopic (exact) mass is 367 g/mol. The van der Waals surface area contributed by atoms with Crippen LogP contribution in [0.1, 0.15) is 31.9 Å². The second-order valence-corrected chi connectivity index (χ2v) is 6.87. The zero-order chi connectivity index (χ0) is 19.0. The summed E-state index contributed by atoms with van der Waals surface area (Å²) < 4.78 is 2.25. The minimum Gasteiger partial charge on any atom is -0.508 e. The summed E-state index contributed by atoms with van der Waals surface area (Å²) >= 11 is 5.48. The van der Waals surface area contributed by atoms with E-state index >= 15 is 0 Å². The lowest BCUT2D eigenvalue weighted by Gasteiger charge is -2.17. The Morgan fingerprint density at radius 2 is 1.85 bits per heavy atom. The summed E-state index contributed by atoms with van der Waals surface area (Å²) in [6, 6.07) is 10.4. The average molecular weight is 367 g/mol. The third-order valence-electron chi connectivity index (χ3n) is 4.51. The number of H-pyrrole nitrogens is 1. The van der Waals surface area contributed by atoms with E-state index in [1.807, 2.05) is 16.7 Å². The number of benzene rings is 2. The quantitative estimate of drug-likeness (QED) is 0.561. The largest absolute Gasteiger partial charge is 0.508 e. The van der Waals surface area contributed by atoms with Gasteiger partial charge < -0.3 is 10.2 Å². The summed E-state index contributed by atoms with van der Waals surface area (Å²) in [7, 11) is 0.